The van der Waals surface area contributed by atoms with Crippen molar-refractivity contribution in [2.75, 3.05) is 0 Å². The first-order valence-electron chi connectivity index (χ1n) is 10.1. The zero-order valence-electron chi connectivity index (χ0n) is 17.6. The van der Waals surface area contributed by atoms with Gasteiger partial charge in [-0.2, -0.15) is 0 Å². The molecule has 170 valence electrons. The number of primary sulfonamides is 1. The molecule has 3 aromatic rings. The van der Waals surface area contributed by atoms with Gasteiger partial charge in [-0.15, -0.1) is 0 Å². The summed E-state index contributed by atoms with van der Waals surface area (Å²) in [5, 5.41) is 19.3. The lowest BCUT2D eigenvalue weighted by Crippen LogP contribution is -2.39. The van der Waals surface area contributed by atoms with Crippen LogP contribution in [0.25, 0.3) is 0 Å². The van der Waals surface area contributed by atoms with E-state index in [0.29, 0.717) is 27.6 Å². The third-order valence-electron chi connectivity index (χ3n) is 5.86. The van der Waals surface area contributed by atoms with Gasteiger partial charge >= 0.3 is 0 Å². The molecule has 0 amide bonds. The number of sulfonamides is 1. The topological polar surface area (TPSA) is 80.4 Å². The summed E-state index contributed by atoms with van der Waals surface area (Å²) in [6, 6.07) is 18.2. The van der Waals surface area contributed by atoms with Gasteiger partial charge in [0.25, 0.3) is 0 Å². The molecule has 0 aliphatic heterocycles. The van der Waals surface area contributed by atoms with Crippen LogP contribution in [0.3, 0.4) is 0 Å². The van der Waals surface area contributed by atoms with Gasteiger partial charge in [-0.1, -0.05) is 85.4 Å². The van der Waals surface area contributed by atoms with Crippen LogP contribution in [0.2, 0.25) is 15.1 Å². The Labute approximate surface area is 204 Å². The fourth-order valence-electron chi connectivity index (χ4n) is 4.14. The van der Waals surface area contributed by atoms with Gasteiger partial charge in [0, 0.05) is 21.0 Å². The van der Waals surface area contributed by atoms with E-state index in [9.17, 15) is 13.5 Å². The number of aliphatic hydroxyl groups is 1. The highest BCUT2D eigenvalue weighted by molar-refractivity contribution is 7.89. The molecule has 2 atom stereocenters. The average Bonchev–Trinajstić information content (AvgIpc) is 2.74. The standard InChI is InChI=1S/C24H24Cl3NO3S/c1-3-15(2)23(22-20(27)5-4-6-21(22)32(28,30)31)24(29,16-7-11-18(25)12-8-16)17-9-13-19(26)14-10-17/h4-15,23,29H,3H2,1-2H3,(H2,28,30,31)/t15-,23-/m0/s1. The van der Waals surface area contributed by atoms with Crippen LogP contribution in [-0.4, -0.2) is 13.5 Å². The number of rotatable bonds is 7. The number of hydrogen-bond donors (Lipinski definition) is 2. The van der Waals surface area contributed by atoms with Gasteiger partial charge in [0.05, 0.1) is 4.90 Å². The van der Waals surface area contributed by atoms with E-state index >= 15 is 0 Å². The van der Waals surface area contributed by atoms with E-state index in [1.165, 1.54) is 12.1 Å². The number of hydrogen-bond acceptors (Lipinski definition) is 3. The van der Waals surface area contributed by atoms with Crippen molar-refractivity contribution in [3.8, 4) is 0 Å². The third-order valence-corrected chi connectivity index (χ3v) is 7.66. The fraction of sp³-hybridized carbons (Fsp3) is 0.250. The monoisotopic (exact) mass is 511 g/mol. The maximum absolute atomic E-state index is 12.5. The maximum atomic E-state index is 12.5. The molecule has 0 aromatic heterocycles. The third kappa shape index (κ3) is 4.84. The lowest BCUT2D eigenvalue weighted by Gasteiger charge is -2.42. The van der Waals surface area contributed by atoms with Crippen LogP contribution in [0.15, 0.2) is 71.6 Å². The van der Waals surface area contributed by atoms with Gasteiger partial charge in [0.15, 0.2) is 0 Å². The predicted octanol–water partition coefficient (Wildman–Crippen LogP) is 6.36. The van der Waals surface area contributed by atoms with Crippen molar-refractivity contribution in [3.63, 3.8) is 0 Å². The van der Waals surface area contributed by atoms with E-state index in [2.05, 4.69) is 0 Å². The van der Waals surface area contributed by atoms with E-state index in [-0.39, 0.29) is 21.4 Å². The lowest BCUT2D eigenvalue weighted by molar-refractivity contribution is 0.0275. The molecular formula is C24H24Cl3NO3S. The molecule has 0 heterocycles. The van der Waals surface area contributed by atoms with E-state index in [0.717, 1.165) is 0 Å². The Balaban J connectivity index is 2.44. The molecule has 3 aromatic carbocycles. The molecule has 0 spiro atoms. The van der Waals surface area contributed by atoms with Gasteiger partial charge in [0.2, 0.25) is 10.0 Å². The van der Waals surface area contributed by atoms with Crippen molar-refractivity contribution in [1.82, 2.24) is 0 Å². The highest BCUT2D eigenvalue weighted by Crippen LogP contribution is 2.50. The minimum atomic E-state index is -4.12. The Morgan fingerprint density at radius 3 is 1.78 bits per heavy atom. The van der Waals surface area contributed by atoms with E-state index in [4.69, 9.17) is 39.9 Å². The highest BCUT2D eigenvalue weighted by Gasteiger charge is 2.46. The molecule has 8 heteroatoms. The van der Waals surface area contributed by atoms with Gasteiger partial charge < -0.3 is 5.11 Å². The second-order valence-corrected chi connectivity index (χ2v) is 10.6. The quantitative estimate of drug-likeness (QED) is 0.386. The highest BCUT2D eigenvalue weighted by atomic mass is 35.5. The van der Waals surface area contributed by atoms with Crippen molar-refractivity contribution < 1.29 is 13.5 Å². The van der Waals surface area contributed by atoms with Crippen LogP contribution in [-0.2, 0) is 15.6 Å². The van der Waals surface area contributed by atoms with E-state index in [1.807, 2.05) is 13.8 Å². The van der Waals surface area contributed by atoms with Crippen LogP contribution in [0.5, 0.6) is 0 Å². The van der Waals surface area contributed by atoms with Gasteiger partial charge in [0.1, 0.15) is 5.60 Å². The van der Waals surface area contributed by atoms with E-state index in [1.54, 1.807) is 54.6 Å². The first kappa shape index (κ1) is 25.0. The molecule has 0 bridgehead atoms. The number of halogens is 3. The molecule has 4 nitrogen and oxygen atoms in total. The second kappa shape index (κ2) is 9.72. The zero-order valence-corrected chi connectivity index (χ0v) is 20.7. The Kier molecular flexibility index (Phi) is 7.60. The predicted molar refractivity (Wildman–Crippen MR) is 131 cm³/mol. The Morgan fingerprint density at radius 2 is 1.38 bits per heavy atom. The Bertz CT molecular complexity index is 1150. The van der Waals surface area contributed by atoms with Crippen molar-refractivity contribution in [2.45, 2.75) is 36.7 Å². The van der Waals surface area contributed by atoms with Crippen LogP contribution >= 0.6 is 34.8 Å². The van der Waals surface area contributed by atoms with Crippen LogP contribution in [0.1, 0.15) is 42.9 Å². The molecule has 32 heavy (non-hydrogen) atoms. The SMILES string of the molecule is CC[C@H](C)[C@@H](c1c(Cl)cccc1S(N)(=O)=O)C(O)(c1ccc(Cl)cc1)c1ccc(Cl)cc1. The first-order valence-corrected chi connectivity index (χ1v) is 12.7. The van der Waals surface area contributed by atoms with Crippen LogP contribution in [0, 0.1) is 5.92 Å². The Hall–Kier alpha value is -1.60. The molecule has 0 aliphatic rings. The molecule has 0 saturated carbocycles. The van der Waals surface area contributed by atoms with Crippen molar-refractivity contribution in [1.29, 1.82) is 0 Å². The molecular weight excluding hydrogens is 489 g/mol. The van der Waals surface area contributed by atoms with Gasteiger partial charge in [-0.05, 0) is 59.0 Å². The normalized spacial score (nSPS) is 14.2. The van der Waals surface area contributed by atoms with Crippen LogP contribution < -0.4 is 5.14 Å². The number of nitrogens with two attached hydrogens (primary N) is 1. The molecule has 0 radical (unpaired) electrons. The molecule has 0 unspecified atom stereocenters. The minimum Gasteiger partial charge on any atom is -0.380 e. The smallest absolute Gasteiger partial charge is 0.238 e. The minimum absolute atomic E-state index is 0.114. The number of benzene rings is 3. The summed E-state index contributed by atoms with van der Waals surface area (Å²) in [5.74, 6) is -0.941. The Morgan fingerprint density at radius 1 is 0.906 bits per heavy atom. The molecule has 0 aliphatic carbocycles. The van der Waals surface area contributed by atoms with Crippen molar-refractivity contribution >= 4 is 44.8 Å². The largest absolute Gasteiger partial charge is 0.380 e. The van der Waals surface area contributed by atoms with Crippen LogP contribution in [0.4, 0.5) is 0 Å². The summed E-state index contributed by atoms with van der Waals surface area (Å²) in [6.45, 7) is 3.91. The summed E-state index contributed by atoms with van der Waals surface area (Å²) in [6.07, 6.45) is 0.642. The molecule has 0 fully saturated rings. The van der Waals surface area contributed by atoms with E-state index < -0.39 is 21.5 Å². The van der Waals surface area contributed by atoms with Crippen molar-refractivity contribution in [2.24, 2.45) is 11.1 Å². The van der Waals surface area contributed by atoms with Gasteiger partial charge in [-0.25, -0.2) is 13.6 Å². The molecule has 0 saturated heterocycles. The summed E-state index contributed by atoms with van der Waals surface area (Å²) >= 11 is 18.8. The maximum Gasteiger partial charge on any atom is 0.238 e. The average molecular weight is 513 g/mol. The first-order chi connectivity index (χ1) is 15.0. The second-order valence-electron chi connectivity index (χ2n) is 7.84. The summed E-state index contributed by atoms with van der Waals surface area (Å²) in [5.41, 5.74) is -0.308. The lowest BCUT2D eigenvalue weighted by atomic mass is 9.67. The molecule has 3 rings (SSSR count). The van der Waals surface area contributed by atoms with Crippen molar-refractivity contribution in [3.05, 3.63) is 98.5 Å². The summed E-state index contributed by atoms with van der Waals surface area (Å²) in [4.78, 5) is -0.114. The fourth-order valence-corrected chi connectivity index (χ4v) is 5.55. The zero-order chi connectivity index (χ0) is 23.7. The molecule has 3 N–H and O–H groups in total. The summed E-state index contributed by atoms with van der Waals surface area (Å²) in [7, 11) is -4.12. The van der Waals surface area contributed by atoms with Gasteiger partial charge in [-0.3, -0.25) is 0 Å². The summed E-state index contributed by atoms with van der Waals surface area (Å²) < 4.78 is 25.0.